The van der Waals surface area contributed by atoms with Gasteiger partial charge in [0.1, 0.15) is 5.01 Å². The largest absolute Gasteiger partial charge is 0.297 e. The van der Waals surface area contributed by atoms with Gasteiger partial charge < -0.3 is 0 Å². The molecule has 0 aliphatic carbocycles. The summed E-state index contributed by atoms with van der Waals surface area (Å²) in [6.07, 6.45) is 3.24. The average Bonchev–Trinajstić information content (AvgIpc) is 2.85. The van der Waals surface area contributed by atoms with Crippen molar-refractivity contribution in [3.63, 3.8) is 0 Å². The van der Waals surface area contributed by atoms with Gasteiger partial charge >= 0.3 is 0 Å². The van der Waals surface area contributed by atoms with Gasteiger partial charge in [0, 0.05) is 16.5 Å². The van der Waals surface area contributed by atoms with Gasteiger partial charge in [0.15, 0.2) is 0 Å². The quantitative estimate of drug-likeness (QED) is 0.844. The number of anilines is 1. The van der Waals surface area contributed by atoms with Crippen molar-refractivity contribution < 1.29 is 4.79 Å². The van der Waals surface area contributed by atoms with Crippen LogP contribution in [0, 0.1) is 0 Å². The molecule has 1 aromatic carbocycles. The Morgan fingerprint density at radius 3 is 2.85 bits per heavy atom. The van der Waals surface area contributed by atoms with Crippen LogP contribution in [0.2, 0.25) is 0 Å². The number of carbonyl (C=O) groups is 1. The first-order chi connectivity index (χ1) is 9.54. The number of carbonyl (C=O) groups excluding carboxylic acids is 1. The van der Waals surface area contributed by atoms with Crippen LogP contribution in [-0.2, 0) is 4.79 Å². The van der Waals surface area contributed by atoms with Gasteiger partial charge in [0.25, 0.3) is 0 Å². The van der Waals surface area contributed by atoms with Crippen LogP contribution in [0.1, 0.15) is 30.3 Å². The van der Waals surface area contributed by atoms with Crippen molar-refractivity contribution in [2.45, 2.75) is 19.8 Å². The Bertz CT molecular complexity index is 637. The summed E-state index contributed by atoms with van der Waals surface area (Å²) in [6.45, 7) is 4.08. The monoisotopic (exact) mass is 351 g/mol. The minimum Gasteiger partial charge on any atom is -0.297 e. The molecule has 0 aliphatic rings. The van der Waals surface area contributed by atoms with E-state index in [0.717, 1.165) is 15.0 Å². The fraction of sp³-hybridized carbons (Fsp3) is 0.214. The molecular formula is C14H14BrN3OS. The molecule has 104 valence electrons. The van der Waals surface area contributed by atoms with Gasteiger partial charge in [-0.1, -0.05) is 53.2 Å². The van der Waals surface area contributed by atoms with E-state index in [1.165, 1.54) is 17.4 Å². The molecule has 2 rings (SSSR count). The zero-order valence-corrected chi connectivity index (χ0v) is 13.5. The predicted molar refractivity (Wildman–Crippen MR) is 85.8 cm³/mol. The first kappa shape index (κ1) is 14.9. The van der Waals surface area contributed by atoms with E-state index in [1.807, 2.05) is 38.1 Å². The molecule has 1 N–H and O–H groups in total. The first-order valence-corrected chi connectivity index (χ1v) is 7.73. The smallest absolute Gasteiger partial charge is 0.250 e. The molecule has 1 heterocycles. The van der Waals surface area contributed by atoms with E-state index in [2.05, 4.69) is 31.4 Å². The van der Waals surface area contributed by atoms with E-state index in [4.69, 9.17) is 0 Å². The molecule has 0 unspecified atom stereocenters. The van der Waals surface area contributed by atoms with E-state index in [0.29, 0.717) is 11.0 Å². The topological polar surface area (TPSA) is 54.9 Å². The highest BCUT2D eigenvalue weighted by Crippen LogP contribution is 2.22. The summed E-state index contributed by atoms with van der Waals surface area (Å²) in [6, 6.07) is 7.72. The molecule has 0 radical (unpaired) electrons. The van der Waals surface area contributed by atoms with Crippen molar-refractivity contribution in [3.05, 3.63) is 45.4 Å². The molecule has 0 bridgehead atoms. The Morgan fingerprint density at radius 1 is 1.40 bits per heavy atom. The Kier molecular flexibility index (Phi) is 5.03. The number of hydrogen-bond donors (Lipinski definition) is 1. The lowest BCUT2D eigenvalue weighted by Crippen LogP contribution is -2.07. The summed E-state index contributed by atoms with van der Waals surface area (Å²) in [5.41, 5.74) is 0.953. The third kappa shape index (κ3) is 4.25. The molecule has 2 aromatic rings. The van der Waals surface area contributed by atoms with E-state index in [1.54, 1.807) is 6.08 Å². The molecule has 0 saturated carbocycles. The molecule has 0 spiro atoms. The summed E-state index contributed by atoms with van der Waals surface area (Å²) in [5.74, 6) is 0.104. The molecular weight excluding hydrogens is 338 g/mol. The molecule has 0 atom stereocenters. The highest BCUT2D eigenvalue weighted by atomic mass is 79.9. The van der Waals surface area contributed by atoms with Gasteiger partial charge in [0.05, 0.1) is 0 Å². The average molecular weight is 352 g/mol. The van der Waals surface area contributed by atoms with Gasteiger partial charge in [-0.05, 0) is 23.8 Å². The van der Waals surface area contributed by atoms with Crippen LogP contribution in [0.25, 0.3) is 6.08 Å². The molecule has 1 aromatic heterocycles. The number of benzene rings is 1. The Balaban J connectivity index is 1.98. The van der Waals surface area contributed by atoms with E-state index < -0.39 is 0 Å². The standard InChI is InChI=1S/C14H14BrN3OS/c1-9(2)13-17-18-14(20-13)16-12(19)7-6-10-4-3-5-11(15)8-10/h3-9H,1-2H3,(H,16,18,19)/b7-6+. The maximum Gasteiger partial charge on any atom is 0.250 e. The lowest BCUT2D eigenvalue weighted by molar-refractivity contribution is -0.111. The summed E-state index contributed by atoms with van der Waals surface area (Å²) >= 11 is 4.79. The molecule has 0 aliphatic heterocycles. The second-order valence-electron chi connectivity index (χ2n) is 4.48. The van der Waals surface area contributed by atoms with Gasteiger partial charge in [-0.15, -0.1) is 10.2 Å². The number of halogens is 1. The van der Waals surface area contributed by atoms with Crippen molar-refractivity contribution >= 4 is 44.4 Å². The lowest BCUT2D eigenvalue weighted by Gasteiger charge is -1.96. The number of hydrogen-bond acceptors (Lipinski definition) is 4. The molecule has 1 amide bonds. The highest BCUT2D eigenvalue weighted by molar-refractivity contribution is 9.10. The number of nitrogens with one attached hydrogen (secondary N) is 1. The number of amides is 1. The minimum atomic E-state index is -0.212. The third-order valence-corrected chi connectivity index (χ3v) is 4.07. The summed E-state index contributed by atoms with van der Waals surface area (Å²) in [4.78, 5) is 11.8. The van der Waals surface area contributed by atoms with E-state index >= 15 is 0 Å². The first-order valence-electron chi connectivity index (χ1n) is 6.12. The summed E-state index contributed by atoms with van der Waals surface area (Å²) in [5, 5.41) is 12.1. The van der Waals surface area contributed by atoms with Crippen molar-refractivity contribution in [1.29, 1.82) is 0 Å². The predicted octanol–water partition coefficient (Wildman–Crippen LogP) is 4.08. The normalized spacial score (nSPS) is 11.2. The summed E-state index contributed by atoms with van der Waals surface area (Å²) in [7, 11) is 0. The zero-order valence-electron chi connectivity index (χ0n) is 11.1. The number of nitrogens with zero attached hydrogens (tertiary/aromatic N) is 2. The molecule has 0 fully saturated rings. The lowest BCUT2D eigenvalue weighted by atomic mass is 10.2. The van der Waals surface area contributed by atoms with Gasteiger partial charge in [-0.2, -0.15) is 0 Å². The zero-order chi connectivity index (χ0) is 14.5. The van der Waals surface area contributed by atoms with Crippen molar-refractivity contribution in [2.75, 3.05) is 5.32 Å². The molecule has 6 heteroatoms. The van der Waals surface area contributed by atoms with Crippen LogP contribution in [-0.4, -0.2) is 16.1 Å². The molecule has 0 saturated heterocycles. The van der Waals surface area contributed by atoms with E-state index in [9.17, 15) is 4.79 Å². The molecule has 4 nitrogen and oxygen atoms in total. The van der Waals surface area contributed by atoms with Crippen LogP contribution in [0.5, 0.6) is 0 Å². The number of aromatic nitrogens is 2. The summed E-state index contributed by atoms with van der Waals surface area (Å²) < 4.78 is 0.978. The fourth-order valence-corrected chi connectivity index (χ4v) is 2.61. The molecule has 20 heavy (non-hydrogen) atoms. The van der Waals surface area contributed by atoms with Gasteiger partial charge in [0.2, 0.25) is 11.0 Å². The maximum atomic E-state index is 11.8. The van der Waals surface area contributed by atoms with Crippen LogP contribution in [0.3, 0.4) is 0 Å². The fourth-order valence-electron chi connectivity index (χ4n) is 1.45. The SMILES string of the molecule is CC(C)c1nnc(NC(=O)/C=C/c2cccc(Br)c2)s1. The second-order valence-corrected chi connectivity index (χ2v) is 6.40. The van der Waals surface area contributed by atoms with Crippen LogP contribution >= 0.6 is 27.3 Å². The Morgan fingerprint density at radius 2 is 2.20 bits per heavy atom. The van der Waals surface area contributed by atoms with Crippen LogP contribution in [0.15, 0.2) is 34.8 Å². The third-order valence-electron chi connectivity index (χ3n) is 2.44. The number of rotatable bonds is 4. The van der Waals surface area contributed by atoms with E-state index in [-0.39, 0.29) is 5.91 Å². The van der Waals surface area contributed by atoms with Gasteiger partial charge in [-0.25, -0.2) is 0 Å². The van der Waals surface area contributed by atoms with Crippen molar-refractivity contribution in [2.24, 2.45) is 0 Å². The van der Waals surface area contributed by atoms with Crippen LogP contribution in [0.4, 0.5) is 5.13 Å². The maximum absolute atomic E-state index is 11.8. The van der Waals surface area contributed by atoms with Crippen molar-refractivity contribution in [1.82, 2.24) is 10.2 Å². The Labute approximate surface area is 130 Å². The Hall–Kier alpha value is -1.53. The van der Waals surface area contributed by atoms with Gasteiger partial charge in [-0.3, -0.25) is 10.1 Å². The highest BCUT2D eigenvalue weighted by Gasteiger charge is 2.08. The van der Waals surface area contributed by atoms with Crippen molar-refractivity contribution in [3.8, 4) is 0 Å². The minimum absolute atomic E-state index is 0.212. The second kappa shape index (κ2) is 6.76. The van der Waals surface area contributed by atoms with Crippen LogP contribution < -0.4 is 5.32 Å².